The van der Waals surface area contributed by atoms with Crippen molar-refractivity contribution in [3.63, 3.8) is 0 Å². The molecule has 1 N–H and O–H groups in total. The summed E-state index contributed by atoms with van der Waals surface area (Å²) in [6.07, 6.45) is 1.53. The molecule has 112 valence electrons. The summed E-state index contributed by atoms with van der Waals surface area (Å²) < 4.78 is 5.54. The molecule has 4 nitrogen and oxygen atoms in total. The zero-order valence-electron chi connectivity index (χ0n) is 12.5. The van der Waals surface area contributed by atoms with Crippen molar-refractivity contribution in [1.29, 1.82) is 0 Å². The molecule has 0 saturated heterocycles. The number of rotatable bonds is 4. The van der Waals surface area contributed by atoms with Gasteiger partial charge in [-0.25, -0.2) is 0 Å². The number of nitrogens with zero attached hydrogens (tertiary/aromatic N) is 1. The van der Waals surface area contributed by atoms with E-state index in [4.69, 9.17) is 9.52 Å². The minimum atomic E-state index is -0.861. The first-order valence-electron chi connectivity index (χ1n) is 7.05. The molecule has 2 aliphatic rings. The van der Waals surface area contributed by atoms with Crippen molar-refractivity contribution in [2.45, 2.75) is 6.42 Å². The molecule has 1 aromatic rings. The van der Waals surface area contributed by atoms with Gasteiger partial charge in [-0.1, -0.05) is 12.1 Å². The van der Waals surface area contributed by atoms with Crippen LogP contribution in [0.3, 0.4) is 0 Å². The number of carboxylic acids is 1. The van der Waals surface area contributed by atoms with Crippen LogP contribution in [0.2, 0.25) is 0 Å². The first kappa shape index (κ1) is 14.2. The number of hydrogen-bond acceptors (Lipinski definition) is 3. The second-order valence-electron chi connectivity index (χ2n) is 5.45. The van der Waals surface area contributed by atoms with Crippen LogP contribution in [-0.2, 0) is 11.2 Å². The summed E-state index contributed by atoms with van der Waals surface area (Å²) in [5.74, 6) is -0.211. The van der Waals surface area contributed by atoms with Gasteiger partial charge in [-0.15, -0.1) is 0 Å². The molecule has 4 heteroatoms. The molecule has 1 heterocycles. The summed E-state index contributed by atoms with van der Waals surface area (Å²) in [6, 6.07) is 13.9. The van der Waals surface area contributed by atoms with Crippen LogP contribution in [-0.4, -0.2) is 25.2 Å². The zero-order chi connectivity index (χ0) is 15.7. The topological polar surface area (TPSA) is 53.7 Å². The van der Waals surface area contributed by atoms with Gasteiger partial charge in [0.15, 0.2) is 0 Å². The summed E-state index contributed by atoms with van der Waals surface area (Å²) in [4.78, 5) is 13.1. The first-order chi connectivity index (χ1) is 10.6. The molecule has 3 rings (SSSR count). The maximum Gasteiger partial charge on any atom is 0.307 e. The number of anilines is 1. The predicted octanol–water partition coefficient (Wildman–Crippen LogP) is 3.74. The van der Waals surface area contributed by atoms with E-state index in [-0.39, 0.29) is 6.42 Å². The smallest absolute Gasteiger partial charge is 0.307 e. The summed E-state index contributed by atoms with van der Waals surface area (Å²) in [5, 5.41) is 9.06. The highest BCUT2D eigenvalue weighted by Crippen LogP contribution is 2.39. The Hall–Kier alpha value is -2.75. The summed E-state index contributed by atoms with van der Waals surface area (Å²) in [7, 11) is 3.99. The maximum absolute atomic E-state index is 11.0. The van der Waals surface area contributed by atoms with Crippen molar-refractivity contribution in [1.82, 2.24) is 0 Å². The second-order valence-corrected chi connectivity index (χ2v) is 5.45. The van der Waals surface area contributed by atoms with E-state index in [0.29, 0.717) is 11.3 Å². The molecule has 0 fully saturated rings. The summed E-state index contributed by atoms with van der Waals surface area (Å²) >= 11 is 0. The average Bonchev–Trinajstić information content (AvgIpc) is 2.86. The lowest BCUT2D eigenvalue weighted by molar-refractivity contribution is -0.136. The van der Waals surface area contributed by atoms with Crippen LogP contribution in [0.1, 0.15) is 5.56 Å². The second kappa shape index (κ2) is 5.56. The van der Waals surface area contributed by atoms with Crippen LogP contribution < -0.4 is 4.90 Å². The zero-order valence-corrected chi connectivity index (χ0v) is 12.5. The van der Waals surface area contributed by atoms with Gasteiger partial charge in [0.1, 0.15) is 5.76 Å². The molecule has 1 aliphatic carbocycles. The van der Waals surface area contributed by atoms with Crippen molar-refractivity contribution >= 4 is 11.7 Å². The van der Waals surface area contributed by atoms with E-state index < -0.39 is 5.97 Å². The Bertz CT molecular complexity index is 771. The number of fused-ring (bicyclic) bond motifs is 1. The van der Waals surface area contributed by atoms with Gasteiger partial charge in [0.2, 0.25) is 0 Å². The number of carbonyl (C=O) groups is 1. The third-order valence-corrected chi connectivity index (χ3v) is 3.71. The van der Waals surface area contributed by atoms with Crippen LogP contribution in [0.25, 0.3) is 22.5 Å². The molecule has 0 unspecified atom stereocenters. The van der Waals surface area contributed by atoms with Gasteiger partial charge in [-0.05, 0) is 41.5 Å². The highest BCUT2D eigenvalue weighted by Gasteiger charge is 2.20. The van der Waals surface area contributed by atoms with Crippen LogP contribution >= 0.6 is 0 Å². The monoisotopic (exact) mass is 295 g/mol. The molecule has 0 amide bonds. The lowest BCUT2D eigenvalue weighted by atomic mass is 10.0. The highest BCUT2D eigenvalue weighted by atomic mass is 16.4. The molecular formula is C18H17NO3. The molecule has 0 bridgehead atoms. The minimum Gasteiger partial charge on any atom is -0.481 e. The van der Waals surface area contributed by atoms with E-state index in [2.05, 4.69) is 0 Å². The lowest BCUT2D eigenvalue weighted by Crippen LogP contribution is -2.07. The van der Waals surface area contributed by atoms with Crippen LogP contribution in [0.5, 0.6) is 0 Å². The Morgan fingerprint density at radius 1 is 1.14 bits per heavy atom. The van der Waals surface area contributed by atoms with Gasteiger partial charge < -0.3 is 14.4 Å². The molecule has 0 radical (unpaired) electrons. The fourth-order valence-electron chi connectivity index (χ4n) is 2.63. The Morgan fingerprint density at radius 3 is 2.50 bits per heavy atom. The first-order valence-corrected chi connectivity index (χ1v) is 7.05. The molecule has 22 heavy (non-hydrogen) atoms. The predicted molar refractivity (Wildman–Crippen MR) is 86.4 cm³/mol. The van der Waals surface area contributed by atoms with Crippen LogP contribution in [0.15, 0.2) is 53.1 Å². The van der Waals surface area contributed by atoms with Gasteiger partial charge >= 0.3 is 5.97 Å². The summed E-state index contributed by atoms with van der Waals surface area (Å²) in [6.45, 7) is 0. The number of aliphatic carboxylic acids is 1. The molecule has 1 aromatic carbocycles. The third kappa shape index (κ3) is 2.55. The van der Waals surface area contributed by atoms with Gasteiger partial charge in [0.25, 0.3) is 0 Å². The number of carboxylic acid groups (broad SMARTS) is 1. The Kier molecular flexibility index (Phi) is 3.59. The van der Waals surface area contributed by atoms with Gasteiger partial charge in [0.05, 0.1) is 12.7 Å². The normalized spacial score (nSPS) is 10.8. The molecule has 0 aromatic heterocycles. The minimum absolute atomic E-state index is 0.0419. The van der Waals surface area contributed by atoms with E-state index in [0.717, 1.165) is 22.4 Å². The van der Waals surface area contributed by atoms with Crippen LogP contribution in [0.4, 0.5) is 5.69 Å². The van der Waals surface area contributed by atoms with Crippen molar-refractivity contribution < 1.29 is 14.3 Å². The van der Waals surface area contributed by atoms with Gasteiger partial charge in [0, 0.05) is 30.9 Å². The fraction of sp³-hybridized carbons (Fsp3) is 0.167. The van der Waals surface area contributed by atoms with E-state index in [1.807, 2.05) is 61.5 Å². The molecule has 0 saturated carbocycles. The summed E-state index contributed by atoms with van der Waals surface area (Å²) in [5.41, 5.74) is 4.82. The van der Waals surface area contributed by atoms with Crippen molar-refractivity contribution in [2.24, 2.45) is 0 Å². The van der Waals surface area contributed by atoms with Crippen molar-refractivity contribution in [3.05, 3.63) is 54.3 Å². The molecular weight excluding hydrogens is 278 g/mol. The molecule has 0 atom stereocenters. The largest absolute Gasteiger partial charge is 0.481 e. The average molecular weight is 295 g/mol. The SMILES string of the molecule is CN(C)c1ccc(-c2cc(CC(=O)O)c3occcc2-3)cc1. The number of hydrogen-bond donors (Lipinski definition) is 1. The van der Waals surface area contributed by atoms with Gasteiger partial charge in [-0.3, -0.25) is 4.79 Å². The van der Waals surface area contributed by atoms with E-state index in [1.165, 1.54) is 0 Å². The maximum atomic E-state index is 11.0. The van der Waals surface area contributed by atoms with Crippen molar-refractivity contribution in [2.75, 3.05) is 19.0 Å². The van der Waals surface area contributed by atoms with E-state index in [1.54, 1.807) is 6.26 Å². The van der Waals surface area contributed by atoms with E-state index in [9.17, 15) is 4.79 Å². The molecule has 0 spiro atoms. The Morgan fingerprint density at radius 2 is 1.86 bits per heavy atom. The van der Waals surface area contributed by atoms with Gasteiger partial charge in [-0.2, -0.15) is 0 Å². The molecule has 1 aliphatic heterocycles. The van der Waals surface area contributed by atoms with Crippen LogP contribution in [0, 0.1) is 0 Å². The van der Waals surface area contributed by atoms with E-state index >= 15 is 0 Å². The Labute approximate surface area is 128 Å². The van der Waals surface area contributed by atoms with Crippen molar-refractivity contribution in [3.8, 4) is 22.5 Å². The fourth-order valence-corrected chi connectivity index (χ4v) is 2.63. The standard InChI is InChI=1S/C18H17NO3/c1-19(2)14-7-5-12(6-8-14)16-10-13(11-17(20)21)18-15(16)4-3-9-22-18/h3-10H,11H2,1-2H3,(H,20,21). The lowest BCUT2D eigenvalue weighted by Gasteiger charge is -2.12. The third-order valence-electron chi connectivity index (χ3n) is 3.71. The highest BCUT2D eigenvalue weighted by molar-refractivity contribution is 5.89. The number of benzene rings is 1. The quantitative estimate of drug-likeness (QED) is 0.796. The Balaban J connectivity index is 2.08.